The molecule has 0 spiro atoms. The molecule has 0 aliphatic carbocycles. The standard InChI is InChI=1S/C6H10N2O2/c7-3-2-6(8)9-4-1-5-10-6/h1,4-5,7-8H2. The molecule has 10 heavy (non-hydrogen) atoms. The fraction of sp³-hybridized carbons (Fsp3) is 0.667. The molecule has 1 rings (SSSR count). The molecule has 1 saturated heterocycles. The third-order valence-electron chi connectivity index (χ3n) is 1.17. The molecule has 0 radical (unpaired) electrons. The molecule has 1 fully saturated rings. The van der Waals surface area contributed by atoms with Gasteiger partial charge in [-0.15, -0.1) is 0 Å². The Labute approximate surface area is 59.5 Å². The Kier molecular flexibility index (Phi) is 2.12. The number of rotatable bonds is 0. The Morgan fingerprint density at radius 1 is 1.30 bits per heavy atom. The molecule has 1 heterocycles. The van der Waals surface area contributed by atoms with Crippen molar-refractivity contribution in [2.24, 2.45) is 11.5 Å². The maximum absolute atomic E-state index is 5.47. The van der Waals surface area contributed by atoms with E-state index in [9.17, 15) is 0 Å². The van der Waals surface area contributed by atoms with Crippen LogP contribution in [0.2, 0.25) is 0 Å². The van der Waals surface area contributed by atoms with E-state index in [1.165, 1.54) is 0 Å². The first-order valence-electron chi connectivity index (χ1n) is 3.06. The van der Waals surface area contributed by atoms with Gasteiger partial charge in [-0.2, -0.15) is 0 Å². The minimum atomic E-state index is -1.26. The number of hydrogen-bond donors (Lipinski definition) is 2. The summed E-state index contributed by atoms with van der Waals surface area (Å²) in [5.41, 5.74) is 10.4. The number of nitrogens with two attached hydrogens (primary N) is 2. The predicted octanol–water partition coefficient (Wildman–Crippen LogP) is -1.04. The second-order valence-corrected chi connectivity index (χ2v) is 1.99. The molecule has 0 unspecified atom stereocenters. The van der Waals surface area contributed by atoms with Crippen LogP contribution in [0.3, 0.4) is 0 Å². The molecule has 4 nitrogen and oxygen atoms in total. The first-order chi connectivity index (χ1) is 4.77. The van der Waals surface area contributed by atoms with Gasteiger partial charge >= 0.3 is 0 Å². The lowest BCUT2D eigenvalue weighted by atomic mass is 10.4. The van der Waals surface area contributed by atoms with Gasteiger partial charge in [-0.05, 0) is 6.42 Å². The van der Waals surface area contributed by atoms with Crippen LogP contribution >= 0.6 is 0 Å². The molecule has 0 atom stereocenters. The summed E-state index contributed by atoms with van der Waals surface area (Å²) >= 11 is 0. The summed E-state index contributed by atoms with van der Waals surface area (Å²) in [7, 11) is 0. The minimum absolute atomic E-state index is 0.575. The van der Waals surface area contributed by atoms with Crippen molar-refractivity contribution in [1.29, 1.82) is 0 Å². The maximum Gasteiger partial charge on any atom is 0.295 e. The molecular formula is C6H10N2O2. The Morgan fingerprint density at radius 3 is 2.40 bits per heavy atom. The first kappa shape index (κ1) is 7.35. The zero-order valence-electron chi connectivity index (χ0n) is 5.59. The van der Waals surface area contributed by atoms with Gasteiger partial charge in [0.05, 0.1) is 13.2 Å². The number of hydrogen-bond acceptors (Lipinski definition) is 4. The van der Waals surface area contributed by atoms with Crippen molar-refractivity contribution in [3.63, 3.8) is 0 Å². The summed E-state index contributed by atoms with van der Waals surface area (Å²) in [6.45, 7) is 1.15. The van der Waals surface area contributed by atoms with E-state index in [-0.39, 0.29) is 0 Å². The van der Waals surface area contributed by atoms with Crippen molar-refractivity contribution in [2.75, 3.05) is 13.2 Å². The average Bonchev–Trinajstić information content (AvgIpc) is 1.89. The van der Waals surface area contributed by atoms with E-state index in [2.05, 4.69) is 12.0 Å². The Hall–Kier alpha value is -0.760. The van der Waals surface area contributed by atoms with Crippen LogP contribution in [0, 0.1) is 12.0 Å². The van der Waals surface area contributed by atoms with Gasteiger partial charge in [0.2, 0.25) is 0 Å². The van der Waals surface area contributed by atoms with Crippen molar-refractivity contribution in [2.45, 2.75) is 12.3 Å². The van der Waals surface area contributed by atoms with Gasteiger partial charge in [-0.1, -0.05) is 0 Å². The smallest absolute Gasteiger partial charge is 0.295 e. The van der Waals surface area contributed by atoms with Crippen LogP contribution in [0.5, 0.6) is 0 Å². The predicted molar refractivity (Wildman–Crippen MR) is 35.4 cm³/mol. The van der Waals surface area contributed by atoms with E-state index in [1.54, 1.807) is 0 Å². The van der Waals surface area contributed by atoms with Crippen molar-refractivity contribution < 1.29 is 9.47 Å². The molecule has 0 amide bonds. The van der Waals surface area contributed by atoms with E-state index < -0.39 is 5.91 Å². The lowest BCUT2D eigenvalue weighted by Crippen LogP contribution is -2.47. The first-order valence-corrected chi connectivity index (χ1v) is 3.06. The van der Waals surface area contributed by atoms with Crippen molar-refractivity contribution in [3.8, 4) is 12.0 Å². The quantitative estimate of drug-likeness (QED) is 0.334. The Bertz CT molecular complexity index is 164. The zero-order valence-corrected chi connectivity index (χ0v) is 5.59. The molecule has 0 saturated carbocycles. The highest BCUT2D eigenvalue weighted by atomic mass is 16.7. The molecule has 1 aliphatic rings. The lowest BCUT2D eigenvalue weighted by Gasteiger charge is -2.27. The highest BCUT2D eigenvalue weighted by Crippen LogP contribution is 2.10. The van der Waals surface area contributed by atoms with Gasteiger partial charge in [-0.3, -0.25) is 5.73 Å². The third-order valence-corrected chi connectivity index (χ3v) is 1.17. The van der Waals surface area contributed by atoms with Gasteiger partial charge < -0.3 is 15.2 Å². The highest BCUT2D eigenvalue weighted by molar-refractivity contribution is 5.05. The van der Waals surface area contributed by atoms with Crippen LogP contribution in [-0.4, -0.2) is 19.1 Å². The van der Waals surface area contributed by atoms with E-state index in [0.717, 1.165) is 6.42 Å². The maximum atomic E-state index is 5.47. The molecule has 0 bridgehead atoms. The molecule has 0 aromatic heterocycles. The van der Waals surface area contributed by atoms with E-state index >= 15 is 0 Å². The SMILES string of the molecule is NC#CC1(N)OCCCO1. The second-order valence-electron chi connectivity index (χ2n) is 1.99. The van der Waals surface area contributed by atoms with Crippen LogP contribution in [-0.2, 0) is 9.47 Å². The summed E-state index contributed by atoms with van der Waals surface area (Å²) in [6.07, 6.45) is 0.852. The van der Waals surface area contributed by atoms with Crippen molar-refractivity contribution in [1.82, 2.24) is 0 Å². The topological polar surface area (TPSA) is 70.5 Å². The zero-order chi connectivity index (χ0) is 7.45. The summed E-state index contributed by atoms with van der Waals surface area (Å²) < 4.78 is 10.0. The van der Waals surface area contributed by atoms with Gasteiger partial charge in [0, 0.05) is 12.0 Å². The van der Waals surface area contributed by atoms with Crippen LogP contribution in [0.1, 0.15) is 6.42 Å². The molecule has 1 aliphatic heterocycles. The summed E-state index contributed by atoms with van der Waals surface area (Å²) in [5, 5.41) is 0. The fourth-order valence-corrected chi connectivity index (χ4v) is 0.721. The highest BCUT2D eigenvalue weighted by Gasteiger charge is 2.27. The van der Waals surface area contributed by atoms with Crippen LogP contribution in [0.15, 0.2) is 0 Å². The Balaban J connectivity index is 2.53. The van der Waals surface area contributed by atoms with Crippen LogP contribution in [0.25, 0.3) is 0 Å². The van der Waals surface area contributed by atoms with Crippen molar-refractivity contribution >= 4 is 0 Å². The number of ether oxygens (including phenoxy) is 2. The van der Waals surface area contributed by atoms with E-state index in [4.69, 9.17) is 20.9 Å². The summed E-state index contributed by atoms with van der Waals surface area (Å²) in [5.74, 6) is 1.17. The van der Waals surface area contributed by atoms with Gasteiger partial charge in [0.1, 0.15) is 0 Å². The monoisotopic (exact) mass is 142 g/mol. The third kappa shape index (κ3) is 1.61. The average molecular weight is 142 g/mol. The fourth-order valence-electron chi connectivity index (χ4n) is 0.721. The molecule has 56 valence electrons. The van der Waals surface area contributed by atoms with Crippen LogP contribution < -0.4 is 11.5 Å². The van der Waals surface area contributed by atoms with Gasteiger partial charge in [-0.25, -0.2) is 0 Å². The second kappa shape index (κ2) is 2.88. The molecule has 0 aromatic rings. The largest absolute Gasteiger partial charge is 0.359 e. The Morgan fingerprint density at radius 2 is 1.90 bits per heavy atom. The van der Waals surface area contributed by atoms with Gasteiger partial charge in [0.25, 0.3) is 5.91 Å². The van der Waals surface area contributed by atoms with Crippen LogP contribution in [0.4, 0.5) is 0 Å². The summed E-state index contributed by atoms with van der Waals surface area (Å²) in [6, 6.07) is 2.15. The molecule has 4 N–H and O–H groups in total. The molecule has 4 heteroatoms. The summed E-state index contributed by atoms with van der Waals surface area (Å²) in [4.78, 5) is 0. The van der Waals surface area contributed by atoms with Crippen molar-refractivity contribution in [3.05, 3.63) is 0 Å². The van der Waals surface area contributed by atoms with Gasteiger partial charge in [0.15, 0.2) is 0 Å². The normalized spacial score (nSPS) is 22.9. The molecule has 0 aromatic carbocycles. The van der Waals surface area contributed by atoms with E-state index in [1.807, 2.05) is 0 Å². The van der Waals surface area contributed by atoms with E-state index in [0.29, 0.717) is 13.2 Å². The minimum Gasteiger partial charge on any atom is -0.359 e. The molecular weight excluding hydrogens is 132 g/mol. The lowest BCUT2D eigenvalue weighted by molar-refractivity contribution is -0.225.